The molecule has 3 rings (SSSR count). The number of para-hydroxylation sites is 1. The number of carbonyl (C=O) groups is 1. The predicted molar refractivity (Wildman–Crippen MR) is 102 cm³/mol. The number of aliphatic imine (C=N–C) groups is 1. The van der Waals surface area contributed by atoms with Crippen molar-refractivity contribution in [1.82, 2.24) is 9.78 Å². The first kappa shape index (κ1) is 18.2. The van der Waals surface area contributed by atoms with E-state index >= 15 is 0 Å². The van der Waals surface area contributed by atoms with Gasteiger partial charge in [-0.05, 0) is 44.2 Å². The SMILES string of the molecule is CCOC(=O)c1ccc(O)c(N=Cc2c(C)[nH]n(-c3ccccc3)c2=O)c1. The smallest absolute Gasteiger partial charge is 0.338 e. The van der Waals surface area contributed by atoms with Crippen LogP contribution in [0.5, 0.6) is 5.75 Å². The van der Waals surface area contributed by atoms with Crippen molar-refractivity contribution < 1.29 is 14.6 Å². The molecular weight excluding hydrogens is 346 g/mol. The van der Waals surface area contributed by atoms with E-state index in [1.54, 1.807) is 13.8 Å². The van der Waals surface area contributed by atoms with E-state index in [0.29, 0.717) is 16.9 Å². The highest BCUT2D eigenvalue weighted by Crippen LogP contribution is 2.27. The molecule has 2 aromatic carbocycles. The summed E-state index contributed by atoms with van der Waals surface area (Å²) in [6.07, 6.45) is 1.37. The Morgan fingerprint density at radius 3 is 2.70 bits per heavy atom. The fraction of sp³-hybridized carbons (Fsp3) is 0.150. The average Bonchev–Trinajstić information content (AvgIpc) is 2.96. The lowest BCUT2D eigenvalue weighted by molar-refractivity contribution is 0.0526. The molecule has 2 N–H and O–H groups in total. The third-order valence-electron chi connectivity index (χ3n) is 3.95. The number of aromatic amines is 1. The van der Waals surface area contributed by atoms with Crippen LogP contribution >= 0.6 is 0 Å². The fourth-order valence-electron chi connectivity index (χ4n) is 2.57. The topological polar surface area (TPSA) is 96.7 Å². The number of aromatic hydroxyl groups is 1. The van der Waals surface area contributed by atoms with Crippen LogP contribution in [0, 0.1) is 6.92 Å². The van der Waals surface area contributed by atoms with Crippen LogP contribution in [0.4, 0.5) is 5.69 Å². The van der Waals surface area contributed by atoms with Gasteiger partial charge in [0.15, 0.2) is 0 Å². The summed E-state index contributed by atoms with van der Waals surface area (Å²) in [4.78, 5) is 28.7. The van der Waals surface area contributed by atoms with Crippen LogP contribution in [0.1, 0.15) is 28.5 Å². The molecule has 3 aromatic rings. The van der Waals surface area contributed by atoms with E-state index < -0.39 is 5.97 Å². The molecular formula is C20H19N3O4. The summed E-state index contributed by atoms with van der Waals surface area (Å²) in [6, 6.07) is 13.4. The molecule has 0 bridgehead atoms. The minimum Gasteiger partial charge on any atom is -0.506 e. The highest BCUT2D eigenvalue weighted by atomic mass is 16.5. The Morgan fingerprint density at radius 2 is 2.00 bits per heavy atom. The molecule has 1 heterocycles. The van der Waals surface area contributed by atoms with Gasteiger partial charge in [-0.2, -0.15) is 0 Å². The number of aromatic nitrogens is 2. The number of phenolic OH excluding ortho intramolecular Hbond substituents is 1. The Kier molecular flexibility index (Phi) is 5.21. The van der Waals surface area contributed by atoms with Crippen molar-refractivity contribution >= 4 is 17.9 Å². The number of ether oxygens (including phenoxy) is 1. The number of nitrogens with zero attached hydrogens (tertiary/aromatic N) is 2. The van der Waals surface area contributed by atoms with Crippen LogP contribution in [0.15, 0.2) is 58.3 Å². The van der Waals surface area contributed by atoms with Gasteiger partial charge in [0.2, 0.25) is 0 Å². The zero-order valence-corrected chi connectivity index (χ0v) is 15.0. The van der Waals surface area contributed by atoms with Gasteiger partial charge in [-0.15, -0.1) is 0 Å². The van der Waals surface area contributed by atoms with Crippen LogP contribution in [0.2, 0.25) is 0 Å². The maximum atomic E-state index is 12.7. The Labute approximate surface area is 155 Å². The van der Waals surface area contributed by atoms with E-state index in [9.17, 15) is 14.7 Å². The highest BCUT2D eigenvalue weighted by molar-refractivity contribution is 5.91. The maximum Gasteiger partial charge on any atom is 0.338 e. The van der Waals surface area contributed by atoms with E-state index in [-0.39, 0.29) is 29.2 Å². The van der Waals surface area contributed by atoms with Gasteiger partial charge in [-0.25, -0.2) is 9.48 Å². The van der Waals surface area contributed by atoms with E-state index in [1.807, 2.05) is 30.3 Å². The first-order valence-corrected chi connectivity index (χ1v) is 8.42. The van der Waals surface area contributed by atoms with Crippen molar-refractivity contribution in [2.75, 3.05) is 6.61 Å². The van der Waals surface area contributed by atoms with E-state index in [1.165, 1.54) is 29.1 Å². The van der Waals surface area contributed by atoms with E-state index in [4.69, 9.17) is 4.74 Å². The summed E-state index contributed by atoms with van der Waals surface area (Å²) in [5.74, 6) is -0.603. The molecule has 27 heavy (non-hydrogen) atoms. The summed E-state index contributed by atoms with van der Waals surface area (Å²) in [6.45, 7) is 3.72. The Balaban J connectivity index is 1.95. The van der Waals surface area contributed by atoms with Crippen LogP contribution in [-0.2, 0) is 4.74 Å². The van der Waals surface area contributed by atoms with Gasteiger partial charge in [0, 0.05) is 11.9 Å². The molecule has 0 radical (unpaired) electrons. The number of hydrogen-bond donors (Lipinski definition) is 2. The fourth-order valence-corrected chi connectivity index (χ4v) is 2.57. The van der Waals surface area contributed by atoms with Gasteiger partial charge >= 0.3 is 5.97 Å². The molecule has 0 aliphatic rings. The van der Waals surface area contributed by atoms with Crippen molar-refractivity contribution in [1.29, 1.82) is 0 Å². The number of rotatable bonds is 5. The number of hydrogen-bond acceptors (Lipinski definition) is 5. The second-order valence-electron chi connectivity index (χ2n) is 5.81. The first-order valence-electron chi connectivity index (χ1n) is 8.42. The number of H-pyrrole nitrogens is 1. The number of esters is 1. The Hall–Kier alpha value is -3.61. The Bertz CT molecular complexity index is 1050. The molecule has 0 saturated carbocycles. The number of phenols is 1. The molecule has 0 spiro atoms. The Morgan fingerprint density at radius 1 is 1.26 bits per heavy atom. The number of benzene rings is 2. The van der Waals surface area contributed by atoms with Crippen molar-refractivity contribution in [3.63, 3.8) is 0 Å². The van der Waals surface area contributed by atoms with Gasteiger partial charge in [-0.1, -0.05) is 18.2 Å². The minimum absolute atomic E-state index is 0.101. The first-order chi connectivity index (χ1) is 13.0. The molecule has 0 amide bonds. The second-order valence-corrected chi connectivity index (χ2v) is 5.81. The number of carbonyl (C=O) groups excluding carboxylic acids is 1. The van der Waals surface area contributed by atoms with Gasteiger partial charge in [0.05, 0.1) is 23.4 Å². The zero-order chi connectivity index (χ0) is 19.4. The predicted octanol–water partition coefficient (Wildman–Crippen LogP) is 3.11. The van der Waals surface area contributed by atoms with Crippen LogP contribution in [-0.4, -0.2) is 33.7 Å². The van der Waals surface area contributed by atoms with Crippen LogP contribution < -0.4 is 5.56 Å². The molecule has 7 nitrogen and oxygen atoms in total. The molecule has 0 aliphatic carbocycles. The van der Waals surface area contributed by atoms with Gasteiger partial charge < -0.3 is 9.84 Å². The summed E-state index contributed by atoms with van der Waals surface area (Å²) in [5.41, 5.74) is 1.88. The number of aryl methyl sites for hydroxylation is 1. The van der Waals surface area contributed by atoms with Gasteiger partial charge in [0.1, 0.15) is 11.4 Å². The van der Waals surface area contributed by atoms with Crippen molar-refractivity contribution in [3.8, 4) is 11.4 Å². The van der Waals surface area contributed by atoms with Gasteiger partial charge in [0.25, 0.3) is 5.56 Å². The van der Waals surface area contributed by atoms with Crippen LogP contribution in [0.25, 0.3) is 5.69 Å². The average molecular weight is 365 g/mol. The molecule has 7 heteroatoms. The van der Waals surface area contributed by atoms with E-state index in [2.05, 4.69) is 10.1 Å². The van der Waals surface area contributed by atoms with Gasteiger partial charge in [-0.3, -0.25) is 14.9 Å². The quantitative estimate of drug-likeness (QED) is 0.536. The molecule has 0 aliphatic heterocycles. The molecule has 0 unspecified atom stereocenters. The zero-order valence-electron chi connectivity index (χ0n) is 15.0. The molecule has 1 aromatic heterocycles. The third-order valence-corrected chi connectivity index (χ3v) is 3.95. The number of nitrogens with one attached hydrogen (secondary N) is 1. The summed E-state index contributed by atoms with van der Waals surface area (Å²) in [7, 11) is 0. The monoisotopic (exact) mass is 365 g/mol. The second kappa shape index (κ2) is 7.74. The summed E-state index contributed by atoms with van der Waals surface area (Å²) >= 11 is 0. The van der Waals surface area contributed by atoms with Crippen LogP contribution in [0.3, 0.4) is 0 Å². The summed E-state index contributed by atoms with van der Waals surface area (Å²) in [5, 5.41) is 13.0. The highest BCUT2D eigenvalue weighted by Gasteiger charge is 2.12. The molecule has 138 valence electrons. The lowest BCUT2D eigenvalue weighted by Crippen LogP contribution is -2.17. The van der Waals surface area contributed by atoms with Crippen molar-refractivity contribution in [2.24, 2.45) is 4.99 Å². The molecule has 0 atom stereocenters. The summed E-state index contributed by atoms with van der Waals surface area (Å²) < 4.78 is 6.37. The maximum absolute atomic E-state index is 12.7. The minimum atomic E-state index is -0.502. The van der Waals surface area contributed by atoms with Crippen molar-refractivity contribution in [3.05, 3.63) is 75.7 Å². The standard InChI is InChI=1S/C20H19N3O4/c1-3-27-20(26)14-9-10-18(24)17(11-14)21-12-16-13(2)22-23(19(16)25)15-7-5-4-6-8-15/h4-12,22,24H,3H2,1-2H3. The lowest BCUT2D eigenvalue weighted by Gasteiger charge is -2.04. The molecule has 0 saturated heterocycles. The third kappa shape index (κ3) is 3.82. The normalized spacial score (nSPS) is 11.0. The van der Waals surface area contributed by atoms with Crippen molar-refractivity contribution in [2.45, 2.75) is 13.8 Å². The lowest BCUT2D eigenvalue weighted by atomic mass is 10.2. The largest absolute Gasteiger partial charge is 0.506 e. The van der Waals surface area contributed by atoms with E-state index in [0.717, 1.165) is 0 Å². The molecule has 0 fully saturated rings.